The minimum atomic E-state index is -2.64. The molecule has 1 atom stereocenters. The summed E-state index contributed by atoms with van der Waals surface area (Å²) in [4.78, 5) is 18.7. The third-order valence-electron chi connectivity index (χ3n) is 4.19. The van der Waals surface area contributed by atoms with Crippen LogP contribution in [0.2, 0.25) is 5.02 Å². The minimum Gasteiger partial charge on any atom is -0.350 e. The molecule has 1 amide bonds. The Bertz CT molecular complexity index is 759. The molecule has 0 aliphatic rings. The molecule has 27 heavy (non-hydrogen) atoms. The van der Waals surface area contributed by atoms with Crippen LogP contribution >= 0.6 is 23.4 Å². The molecule has 0 bridgehead atoms. The van der Waals surface area contributed by atoms with Crippen LogP contribution in [0.5, 0.6) is 0 Å². The molecule has 146 valence electrons. The lowest BCUT2D eigenvalue weighted by Gasteiger charge is -2.31. The van der Waals surface area contributed by atoms with E-state index in [4.69, 9.17) is 11.6 Å². The van der Waals surface area contributed by atoms with Crippen LogP contribution in [-0.4, -0.2) is 41.2 Å². The van der Waals surface area contributed by atoms with Crippen molar-refractivity contribution in [2.45, 2.75) is 30.7 Å². The van der Waals surface area contributed by atoms with Gasteiger partial charge in [-0.1, -0.05) is 43.6 Å². The van der Waals surface area contributed by atoms with Crippen LogP contribution in [0.3, 0.4) is 0 Å². The first-order valence-electron chi connectivity index (χ1n) is 8.64. The second-order valence-electron chi connectivity index (χ2n) is 5.70. The van der Waals surface area contributed by atoms with E-state index in [0.29, 0.717) is 11.6 Å². The maximum absolute atomic E-state index is 12.7. The van der Waals surface area contributed by atoms with E-state index in [1.54, 1.807) is 6.07 Å². The molecule has 1 aromatic heterocycles. The van der Waals surface area contributed by atoms with Gasteiger partial charge in [-0.05, 0) is 48.6 Å². The highest BCUT2D eigenvalue weighted by molar-refractivity contribution is 7.99. The van der Waals surface area contributed by atoms with Crippen LogP contribution in [0.1, 0.15) is 35.8 Å². The first-order chi connectivity index (χ1) is 13.0. The zero-order valence-electron chi connectivity index (χ0n) is 15.2. The van der Waals surface area contributed by atoms with E-state index in [1.807, 2.05) is 38.1 Å². The van der Waals surface area contributed by atoms with Gasteiger partial charge in [-0.25, -0.2) is 4.98 Å². The van der Waals surface area contributed by atoms with Gasteiger partial charge in [0.15, 0.2) is 0 Å². The van der Waals surface area contributed by atoms with Crippen LogP contribution in [0.4, 0.5) is 8.78 Å². The SMILES string of the molecule is CCN(CC)C(CNC(=O)c1cccnc1SC(F)F)c1ccccc1Cl. The molecule has 0 saturated carbocycles. The summed E-state index contributed by atoms with van der Waals surface area (Å²) in [5.41, 5.74) is 1.05. The Labute approximate surface area is 167 Å². The quantitative estimate of drug-likeness (QED) is 0.596. The number of hydrogen-bond acceptors (Lipinski definition) is 4. The van der Waals surface area contributed by atoms with Crippen LogP contribution in [0.15, 0.2) is 47.6 Å². The van der Waals surface area contributed by atoms with Crippen LogP contribution in [0, 0.1) is 0 Å². The van der Waals surface area contributed by atoms with E-state index >= 15 is 0 Å². The smallest absolute Gasteiger partial charge is 0.290 e. The van der Waals surface area contributed by atoms with Crippen molar-refractivity contribution in [3.63, 3.8) is 0 Å². The second-order valence-corrected chi connectivity index (χ2v) is 7.09. The lowest BCUT2D eigenvalue weighted by atomic mass is 10.0. The second kappa shape index (κ2) is 10.6. The predicted octanol–water partition coefficient (Wildman–Crippen LogP) is 4.86. The average molecular weight is 414 g/mol. The van der Waals surface area contributed by atoms with E-state index in [2.05, 4.69) is 15.2 Å². The van der Waals surface area contributed by atoms with Crippen molar-refractivity contribution >= 4 is 29.3 Å². The summed E-state index contributed by atoms with van der Waals surface area (Å²) in [5, 5.41) is 3.49. The van der Waals surface area contributed by atoms with Crippen LogP contribution in [0.25, 0.3) is 0 Å². The standard InChI is InChI=1S/C19H22ClF2N3OS/c1-3-25(4-2)16(13-8-5-6-10-15(13)20)12-24-17(26)14-9-7-11-23-18(14)27-19(21)22/h5-11,16,19H,3-4,12H2,1-2H3,(H,24,26). The molecule has 2 rings (SSSR count). The third kappa shape index (κ3) is 5.89. The van der Waals surface area contributed by atoms with Crippen LogP contribution in [-0.2, 0) is 0 Å². The number of alkyl halides is 2. The van der Waals surface area contributed by atoms with Gasteiger partial charge >= 0.3 is 0 Å². The number of carbonyl (C=O) groups excluding carboxylic acids is 1. The van der Waals surface area contributed by atoms with Gasteiger partial charge in [-0.3, -0.25) is 9.69 Å². The average Bonchev–Trinajstić information content (AvgIpc) is 2.65. The molecule has 0 aliphatic carbocycles. The fourth-order valence-corrected chi connectivity index (χ4v) is 3.71. The number of likely N-dealkylation sites (N-methyl/N-ethyl adjacent to an activating group) is 1. The van der Waals surface area contributed by atoms with Gasteiger partial charge in [-0.2, -0.15) is 8.78 Å². The fourth-order valence-electron chi connectivity index (χ4n) is 2.87. The summed E-state index contributed by atoms with van der Waals surface area (Å²) in [5.74, 6) is -3.08. The summed E-state index contributed by atoms with van der Waals surface area (Å²) in [6.45, 7) is 5.93. The lowest BCUT2D eigenvalue weighted by molar-refractivity contribution is 0.0931. The molecule has 1 aromatic carbocycles. The van der Waals surface area contributed by atoms with E-state index in [0.717, 1.165) is 18.7 Å². The molecule has 0 saturated heterocycles. The molecule has 0 fully saturated rings. The largest absolute Gasteiger partial charge is 0.350 e. The summed E-state index contributed by atoms with van der Waals surface area (Å²) in [6, 6.07) is 10.4. The first-order valence-corrected chi connectivity index (χ1v) is 9.90. The van der Waals surface area contributed by atoms with Crippen molar-refractivity contribution in [2.24, 2.45) is 0 Å². The van der Waals surface area contributed by atoms with Crippen molar-refractivity contribution in [3.8, 4) is 0 Å². The molecule has 1 heterocycles. The van der Waals surface area contributed by atoms with Crippen molar-refractivity contribution < 1.29 is 13.6 Å². The number of carbonyl (C=O) groups is 1. The van der Waals surface area contributed by atoms with E-state index in [9.17, 15) is 13.6 Å². The Kier molecular flexibility index (Phi) is 8.47. The van der Waals surface area contributed by atoms with Gasteiger partial charge in [0.05, 0.1) is 11.6 Å². The molecule has 4 nitrogen and oxygen atoms in total. The predicted molar refractivity (Wildman–Crippen MR) is 106 cm³/mol. The molecular weight excluding hydrogens is 392 g/mol. The summed E-state index contributed by atoms with van der Waals surface area (Å²) in [6.07, 6.45) is 1.39. The monoisotopic (exact) mass is 413 g/mol. The number of nitrogens with one attached hydrogen (secondary N) is 1. The Morgan fingerprint density at radius 1 is 1.22 bits per heavy atom. The van der Waals surface area contributed by atoms with Gasteiger partial charge in [0, 0.05) is 17.8 Å². The number of pyridine rings is 1. The Balaban J connectivity index is 2.20. The van der Waals surface area contributed by atoms with E-state index < -0.39 is 11.7 Å². The maximum atomic E-state index is 12.7. The van der Waals surface area contributed by atoms with Gasteiger partial charge in [0.1, 0.15) is 5.03 Å². The third-order valence-corrected chi connectivity index (χ3v) is 5.26. The molecule has 8 heteroatoms. The summed E-state index contributed by atoms with van der Waals surface area (Å²) < 4.78 is 25.4. The molecule has 0 aliphatic heterocycles. The van der Waals surface area contributed by atoms with E-state index in [-0.39, 0.29) is 28.4 Å². The Morgan fingerprint density at radius 3 is 2.56 bits per heavy atom. The number of hydrogen-bond donors (Lipinski definition) is 1. The highest BCUT2D eigenvalue weighted by Crippen LogP contribution is 2.28. The molecular formula is C19H22ClF2N3OS. The maximum Gasteiger partial charge on any atom is 0.290 e. The summed E-state index contributed by atoms with van der Waals surface area (Å²) in [7, 11) is 0. The Hall–Kier alpha value is -1.70. The number of aromatic nitrogens is 1. The number of thioether (sulfide) groups is 1. The molecule has 0 radical (unpaired) electrons. The number of benzene rings is 1. The number of nitrogens with zero attached hydrogens (tertiary/aromatic N) is 2. The van der Waals surface area contributed by atoms with E-state index in [1.165, 1.54) is 12.3 Å². The normalized spacial score (nSPS) is 12.4. The number of halogens is 3. The summed E-state index contributed by atoms with van der Waals surface area (Å²) >= 11 is 6.62. The highest BCUT2D eigenvalue weighted by atomic mass is 35.5. The lowest BCUT2D eigenvalue weighted by Crippen LogP contribution is -2.38. The van der Waals surface area contributed by atoms with Gasteiger partial charge in [0.2, 0.25) is 0 Å². The molecule has 1 N–H and O–H groups in total. The van der Waals surface area contributed by atoms with Crippen molar-refractivity contribution in [2.75, 3.05) is 19.6 Å². The van der Waals surface area contributed by atoms with Crippen LogP contribution < -0.4 is 5.32 Å². The zero-order valence-corrected chi connectivity index (χ0v) is 16.7. The first kappa shape index (κ1) is 21.6. The Morgan fingerprint density at radius 2 is 1.93 bits per heavy atom. The number of amides is 1. The van der Waals surface area contributed by atoms with Crippen molar-refractivity contribution in [3.05, 3.63) is 58.7 Å². The van der Waals surface area contributed by atoms with Gasteiger partial charge < -0.3 is 5.32 Å². The molecule has 1 unspecified atom stereocenters. The van der Waals surface area contributed by atoms with Crippen molar-refractivity contribution in [1.29, 1.82) is 0 Å². The number of rotatable bonds is 9. The van der Waals surface area contributed by atoms with Gasteiger partial charge in [-0.15, -0.1) is 0 Å². The molecule has 0 spiro atoms. The van der Waals surface area contributed by atoms with Crippen molar-refractivity contribution in [1.82, 2.24) is 15.2 Å². The topological polar surface area (TPSA) is 45.2 Å². The van der Waals surface area contributed by atoms with Gasteiger partial charge in [0.25, 0.3) is 11.7 Å². The molecule has 2 aromatic rings. The zero-order chi connectivity index (χ0) is 19.8. The highest BCUT2D eigenvalue weighted by Gasteiger charge is 2.22. The fraction of sp³-hybridized carbons (Fsp3) is 0.368. The minimum absolute atomic E-state index is 0.0159.